The number of nitrogen functional groups attached to an aromatic ring is 1. The largest absolute Gasteiger partial charge is 0.383 e. The third-order valence-corrected chi connectivity index (χ3v) is 6.76. The quantitative estimate of drug-likeness (QED) is 0.356. The van der Waals surface area contributed by atoms with Crippen LogP contribution in [0.25, 0.3) is 33.2 Å². The fraction of sp³-hybridized carbons (Fsp3) is 0.385. The second-order valence-electron chi connectivity index (χ2n) is 10.1. The van der Waals surface area contributed by atoms with Crippen LogP contribution in [0.5, 0.6) is 0 Å². The molecule has 0 radical (unpaired) electrons. The van der Waals surface area contributed by atoms with Crippen LogP contribution in [0.15, 0.2) is 41.7 Å². The molecule has 0 bridgehead atoms. The van der Waals surface area contributed by atoms with Crippen molar-refractivity contribution >= 4 is 27.8 Å². The van der Waals surface area contributed by atoms with E-state index < -0.39 is 11.9 Å². The van der Waals surface area contributed by atoms with Gasteiger partial charge in [0, 0.05) is 24.3 Å². The van der Waals surface area contributed by atoms with Gasteiger partial charge >= 0.3 is 0 Å². The van der Waals surface area contributed by atoms with Crippen LogP contribution in [0.1, 0.15) is 57.9 Å². The second kappa shape index (κ2) is 8.75. The molecule has 1 aliphatic carbocycles. The first-order chi connectivity index (χ1) is 17.9. The Bertz CT molecular complexity index is 1700. The molecule has 4 heterocycles. The molecule has 0 unspecified atom stereocenters. The fourth-order valence-corrected chi connectivity index (χ4v) is 4.95. The lowest BCUT2D eigenvalue weighted by molar-refractivity contribution is 0.461. The van der Waals surface area contributed by atoms with Crippen molar-refractivity contribution in [3.8, 4) is 11.3 Å². The lowest BCUT2D eigenvalue weighted by atomic mass is 10.1. The SMILES string of the molecule is CC[C@@H](c1nc2ccc(F)cc2c(=O)n1C1CC1)n1nc(-c2cnn(CC(C)C)c2)c2c(N)ncnc21. The summed E-state index contributed by atoms with van der Waals surface area (Å²) in [7, 11) is 0. The number of benzene rings is 1. The maximum absolute atomic E-state index is 14.0. The van der Waals surface area contributed by atoms with E-state index in [1.165, 1.54) is 18.5 Å². The van der Waals surface area contributed by atoms with E-state index in [-0.39, 0.29) is 17.0 Å². The molecule has 0 spiro atoms. The maximum Gasteiger partial charge on any atom is 0.261 e. The Morgan fingerprint density at radius 1 is 1.22 bits per heavy atom. The zero-order valence-electron chi connectivity index (χ0n) is 21.0. The van der Waals surface area contributed by atoms with Gasteiger partial charge in [0.05, 0.1) is 22.5 Å². The van der Waals surface area contributed by atoms with Crippen LogP contribution in [0.2, 0.25) is 0 Å². The minimum absolute atomic E-state index is 0.0342. The van der Waals surface area contributed by atoms with E-state index >= 15 is 0 Å². The number of hydrogen-bond donors (Lipinski definition) is 1. The highest BCUT2D eigenvalue weighted by atomic mass is 19.1. The van der Waals surface area contributed by atoms with Gasteiger partial charge in [-0.05, 0) is 43.4 Å². The Kier molecular flexibility index (Phi) is 5.50. The molecule has 5 aromatic rings. The molecule has 1 aliphatic rings. The maximum atomic E-state index is 14.0. The van der Waals surface area contributed by atoms with Gasteiger partial charge in [-0.15, -0.1) is 0 Å². The topological polar surface area (TPSA) is 122 Å². The first-order valence-corrected chi connectivity index (χ1v) is 12.6. The zero-order valence-corrected chi connectivity index (χ0v) is 21.0. The predicted molar refractivity (Wildman–Crippen MR) is 138 cm³/mol. The van der Waals surface area contributed by atoms with Crippen LogP contribution in [-0.2, 0) is 6.54 Å². The molecule has 0 aliphatic heterocycles. The molecule has 37 heavy (non-hydrogen) atoms. The molecule has 4 aromatic heterocycles. The van der Waals surface area contributed by atoms with Crippen LogP contribution >= 0.6 is 0 Å². The Morgan fingerprint density at radius 2 is 2.03 bits per heavy atom. The lowest BCUT2D eigenvalue weighted by Crippen LogP contribution is -2.29. The molecule has 6 rings (SSSR count). The molecular formula is C26H28FN9O. The Morgan fingerprint density at radius 3 is 2.76 bits per heavy atom. The summed E-state index contributed by atoms with van der Waals surface area (Å²) in [5, 5.41) is 10.4. The van der Waals surface area contributed by atoms with E-state index in [1.807, 2.05) is 17.8 Å². The molecule has 0 saturated heterocycles. The number of nitrogens with zero attached hydrogens (tertiary/aromatic N) is 8. The van der Waals surface area contributed by atoms with Gasteiger partial charge in [0.25, 0.3) is 5.56 Å². The lowest BCUT2D eigenvalue weighted by Gasteiger charge is -2.21. The van der Waals surface area contributed by atoms with Crippen LogP contribution in [-0.4, -0.2) is 39.1 Å². The summed E-state index contributed by atoms with van der Waals surface area (Å²) in [5.41, 5.74) is 8.55. The second-order valence-corrected chi connectivity index (χ2v) is 10.1. The first kappa shape index (κ1) is 23.3. The van der Waals surface area contributed by atoms with E-state index in [2.05, 4.69) is 28.9 Å². The minimum Gasteiger partial charge on any atom is -0.383 e. The molecule has 1 atom stereocenters. The molecule has 1 saturated carbocycles. The van der Waals surface area contributed by atoms with Gasteiger partial charge < -0.3 is 5.73 Å². The van der Waals surface area contributed by atoms with Gasteiger partial charge in [-0.25, -0.2) is 24.0 Å². The van der Waals surface area contributed by atoms with Crippen molar-refractivity contribution < 1.29 is 4.39 Å². The predicted octanol–water partition coefficient (Wildman–Crippen LogP) is 4.11. The van der Waals surface area contributed by atoms with Crippen molar-refractivity contribution in [2.75, 3.05) is 5.73 Å². The van der Waals surface area contributed by atoms with Crippen LogP contribution in [0, 0.1) is 11.7 Å². The first-order valence-electron chi connectivity index (χ1n) is 12.6. The summed E-state index contributed by atoms with van der Waals surface area (Å²) in [5.74, 6) is 0.880. The summed E-state index contributed by atoms with van der Waals surface area (Å²) in [6.07, 6.45) is 7.48. The van der Waals surface area contributed by atoms with Gasteiger partial charge in [-0.3, -0.25) is 14.0 Å². The van der Waals surface area contributed by atoms with Crippen molar-refractivity contribution in [2.45, 2.75) is 58.7 Å². The molecule has 1 aromatic carbocycles. The average molecular weight is 502 g/mol. The number of nitrogens with two attached hydrogens (primary N) is 1. The van der Waals surface area contributed by atoms with Gasteiger partial charge in [0.15, 0.2) is 5.65 Å². The van der Waals surface area contributed by atoms with Gasteiger partial charge in [0.2, 0.25) is 0 Å². The number of anilines is 1. The van der Waals surface area contributed by atoms with E-state index in [0.717, 1.165) is 24.9 Å². The molecule has 190 valence electrons. The summed E-state index contributed by atoms with van der Waals surface area (Å²) >= 11 is 0. The fourth-order valence-electron chi connectivity index (χ4n) is 4.95. The smallest absolute Gasteiger partial charge is 0.261 e. The number of halogens is 1. The Hall–Kier alpha value is -4.15. The van der Waals surface area contributed by atoms with Crippen molar-refractivity contribution in [3.05, 3.63) is 58.9 Å². The summed E-state index contributed by atoms with van der Waals surface area (Å²) in [6.45, 7) is 7.06. The van der Waals surface area contributed by atoms with E-state index in [9.17, 15) is 9.18 Å². The molecule has 2 N–H and O–H groups in total. The van der Waals surface area contributed by atoms with Gasteiger partial charge in [-0.1, -0.05) is 20.8 Å². The molecule has 11 heteroatoms. The Labute approximate surface area is 212 Å². The third-order valence-electron chi connectivity index (χ3n) is 6.76. The van der Waals surface area contributed by atoms with Crippen molar-refractivity contribution in [2.24, 2.45) is 5.92 Å². The Balaban J connectivity index is 1.57. The van der Waals surface area contributed by atoms with E-state index in [4.69, 9.17) is 15.8 Å². The number of hydrogen-bond acceptors (Lipinski definition) is 7. The third kappa shape index (κ3) is 3.94. The summed E-state index contributed by atoms with van der Waals surface area (Å²) in [6, 6.07) is 3.77. The van der Waals surface area contributed by atoms with Crippen LogP contribution in [0.3, 0.4) is 0 Å². The van der Waals surface area contributed by atoms with Gasteiger partial charge in [-0.2, -0.15) is 10.2 Å². The molecule has 1 fully saturated rings. The van der Waals surface area contributed by atoms with E-state index in [0.29, 0.717) is 46.2 Å². The highest BCUT2D eigenvalue weighted by molar-refractivity contribution is 5.98. The standard InChI is InChI=1S/C26H28FN9O/c1-4-20(24-32-19-8-5-16(27)9-18(19)26(37)35(24)17-6-7-17)36-25-21(23(28)29-13-30-25)22(33-36)15-10-31-34(12-15)11-14(2)3/h5,8-10,12-14,17,20H,4,6-7,11H2,1-3H3,(H2,28,29,30)/t20-/m0/s1. The number of rotatable bonds is 7. The molecular weight excluding hydrogens is 473 g/mol. The van der Waals surface area contributed by atoms with Crippen molar-refractivity contribution in [3.63, 3.8) is 0 Å². The monoisotopic (exact) mass is 501 g/mol. The number of aromatic nitrogens is 8. The highest BCUT2D eigenvalue weighted by Crippen LogP contribution is 2.38. The van der Waals surface area contributed by atoms with Crippen molar-refractivity contribution in [1.82, 2.24) is 39.1 Å². The van der Waals surface area contributed by atoms with E-state index in [1.54, 1.807) is 21.5 Å². The summed E-state index contributed by atoms with van der Waals surface area (Å²) in [4.78, 5) is 27.2. The van der Waals surface area contributed by atoms with Crippen LogP contribution in [0.4, 0.5) is 10.2 Å². The van der Waals surface area contributed by atoms with Crippen LogP contribution < -0.4 is 11.3 Å². The minimum atomic E-state index is -0.457. The number of fused-ring (bicyclic) bond motifs is 2. The average Bonchev–Trinajstić information content (AvgIpc) is 3.47. The zero-order chi connectivity index (χ0) is 25.8. The van der Waals surface area contributed by atoms with Crippen molar-refractivity contribution in [1.29, 1.82) is 0 Å². The highest BCUT2D eigenvalue weighted by Gasteiger charge is 2.33. The molecule has 10 nitrogen and oxygen atoms in total. The summed E-state index contributed by atoms with van der Waals surface area (Å²) < 4.78 is 19.4. The molecule has 0 amide bonds. The normalized spacial score (nSPS) is 14.7. The van der Waals surface area contributed by atoms with Gasteiger partial charge in [0.1, 0.15) is 35.5 Å².